The number of hydrogen-bond acceptors (Lipinski definition) is 5. The van der Waals surface area contributed by atoms with E-state index >= 15 is 0 Å². The zero-order valence-corrected chi connectivity index (χ0v) is 15.4. The molecule has 1 aromatic carbocycles. The predicted molar refractivity (Wildman–Crippen MR) is 96.4 cm³/mol. The van der Waals surface area contributed by atoms with Gasteiger partial charge in [0.25, 0.3) is 0 Å². The first-order chi connectivity index (χ1) is 13.0. The van der Waals surface area contributed by atoms with Gasteiger partial charge in [0.15, 0.2) is 10.8 Å². The van der Waals surface area contributed by atoms with E-state index in [0.717, 1.165) is 24.4 Å². The number of nitrogens with zero attached hydrogens (tertiary/aromatic N) is 3. The molecule has 0 radical (unpaired) electrons. The second-order valence-electron chi connectivity index (χ2n) is 5.64. The summed E-state index contributed by atoms with van der Waals surface area (Å²) in [5, 5.41) is 8.21. The third-order valence-electron chi connectivity index (χ3n) is 3.58. The second-order valence-corrected chi connectivity index (χ2v) is 6.71. The molecule has 3 rings (SSSR count). The lowest BCUT2D eigenvalue weighted by atomic mass is 10.3. The van der Waals surface area contributed by atoms with Crippen LogP contribution in [-0.4, -0.2) is 33.6 Å². The van der Waals surface area contributed by atoms with Gasteiger partial charge in [0.05, 0.1) is 18.8 Å². The van der Waals surface area contributed by atoms with Crippen LogP contribution in [0.2, 0.25) is 0 Å². The van der Waals surface area contributed by atoms with E-state index in [2.05, 4.69) is 10.2 Å². The van der Waals surface area contributed by atoms with Crippen molar-refractivity contribution in [1.82, 2.24) is 14.6 Å². The minimum Gasteiger partial charge on any atom is -0.494 e. The predicted octanol–water partition coefficient (Wildman–Crippen LogP) is 4.71. The third-order valence-corrected chi connectivity index (χ3v) is 4.49. The van der Waals surface area contributed by atoms with Gasteiger partial charge in [-0.05, 0) is 42.8 Å². The first-order valence-electron chi connectivity index (χ1n) is 8.38. The zero-order valence-electron chi connectivity index (χ0n) is 14.6. The van der Waals surface area contributed by atoms with Gasteiger partial charge in [0.1, 0.15) is 11.5 Å². The van der Waals surface area contributed by atoms with Gasteiger partial charge >= 0.3 is 6.18 Å². The number of aromatic nitrogens is 3. The van der Waals surface area contributed by atoms with E-state index in [0.29, 0.717) is 35.5 Å². The molecular formula is C18H18F3N3O2S. The van der Waals surface area contributed by atoms with Gasteiger partial charge < -0.3 is 9.47 Å². The molecule has 0 N–H and O–H groups in total. The summed E-state index contributed by atoms with van der Waals surface area (Å²) in [7, 11) is 0. The summed E-state index contributed by atoms with van der Waals surface area (Å²) in [5.41, 5.74) is -0.368. The quantitative estimate of drug-likeness (QED) is 0.407. The van der Waals surface area contributed by atoms with E-state index in [1.165, 1.54) is 22.2 Å². The maximum Gasteiger partial charge on any atom is 0.417 e. The zero-order chi connectivity index (χ0) is 19.3. The molecule has 5 nitrogen and oxygen atoms in total. The molecule has 0 aliphatic heterocycles. The summed E-state index contributed by atoms with van der Waals surface area (Å²) >= 11 is 1.28. The fourth-order valence-electron chi connectivity index (χ4n) is 2.28. The fourth-order valence-corrected chi connectivity index (χ4v) is 3.01. The summed E-state index contributed by atoms with van der Waals surface area (Å²) in [6.07, 6.45) is -2.46. The van der Waals surface area contributed by atoms with Crippen molar-refractivity contribution in [2.24, 2.45) is 0 Å². The van der Waals surface area contributed by atoms with Crippen LogP contribution in [0.25, 0.3) is 5.65 Å². The molecule has 2 heterocycles. The van der Waals surface area contributed by atoms with Crippen molar-refractivity contribution in [3.8, 4) is 11.5 Å². The topological polar surface area (TPSA) is 48.7 Å². The third kappa shape index (κ3) is 5.06. The molecule has 2 aromatic heterocycles. The molecule has 0 unspecified atom stereocenters. The summed E-state index contributed by atoms with van der Waals surface area (Å²) in [6.45, 7) is 3.09. The Balaban J connectivity index is 1.54. The Morgan fingerprint density at radius 1 is 0.963 bits per heavy atom. The number of alkyl halides is 3. The standard InChI is InChI=1S/C18H18F3N3O2S/c1-2-9-25-14-4-6-15(7-5-14)26-10-11-27-17-23-22-16-8-3-13(12-24(16)17)18(19,20)21/h3-8,12H,2,9-11H2,1H3. The van der Waals surface area contributed by atoms with Crippen molar-refractivity contribution in [3.05, 3.63) is 48.2 Å². The molecule has 0 amide bonds. The fraction of sp³-hybridized carbons (Fsp3) is 0.333. The van der Waals surface area contributed by atoms with E-state index in [9.17, 15) is 13.2 Å². The van der Waals surface area contributed by atoms with Crippen molar-refractivity contribution >= 4 is 17.4 Å². The molecule has 0 fully saturated rings. The number of ether oxygens (including phenoxy) is 2. The van der Waals surface area contributed by atoms with Crippen LogP contribution in [0.15, 0.2) is 47.8 Å². The first kappa shape index (κ1) is 19.3. The molecule has 0 aliphatic rings. The van der Waals surface area contributed by atoms with Crippen LogP contribution in [0.5, 0.6) is 11.5 Å². The molecule has 0 bridgehead atoms. The van der Waals surface area contributed by atoms with Gasteiger partial charge in [-0.2, -0.15) is 13.2 Å². The number of fused-ring (bicyclic) bond motifs is 1. The molecule has 0 saturated heterocycles. The second kappa shape index (κ2) is 8.51. The molecule has 0 spiro atoms. The van der Waals surface area contributed by atoms with Gasteiger partial charge in [-0.15, -0.1) is 10.2 Å². The summed E-state index contributed by atoms with van der Waals surface area (Å²) < 4.78 is 51.0. The summed E-state index contributed by atoms with van der Waals surface area (Å²) in [5.74, 6) is 2.00. The van der Waals surface area contributed by atoms with E-state index in [1.807, 2.05) is 31.2 Å². The van der Waals surface area contributed by atoms with Crippen LogP contribution in [0.1, 0.15) is 18.9 Å². The molecular weight excluding hydrogens is 379 g/mol. The average molecular weight is 397 g/mol. The first-order valence-corrected chi connectivity index (χ1v) is 9.36. The minimum absolute atomic E-state index is 0.370. The van der Waals surface area contributed by atoms with Gasteiger partial charge in [-0.25, -0.2) is 0 Å². The number of halogens is 3. The molecule has 27 heavy (non-hydrogen) atoms. The highest BCUT2D eigenvalue weighted by molar-refractivity contribution is 7.99. The smallest absolute Gasteiger partial charge is 0.417 e. The highest BCUT2D eigenvalue weighted by atomic mass is 32.2. The van der Waals surface area contributed by atoms with Crippen LogP contribution in [0, 0.1) is 0 Å². The number of benzene rings is 1. The van der Waals surface area contributed by atoms with Crippen LogP contribution >= 0.6 is 11.8 Å². The highest BCUT2D eigenvalue weighted by Gasteiger charge is 2.31. The Labute approximate surface area is 158 Å². The lowest BCUT2D eigenvalue weighted by Gasteiger charge is -2.08. The largest absolute Gasteiger partial charge is 0.494 e. The van der Waals surface area contributed by atoms with Gasteiger partial charge in [0.2, 0.25) is 0 Å². The SMILES string of the molecule is CCCOc1ccc(OCCSc2nnc3ccc(C(F)(F)F)cn23)cc1. The summed E-state index contributed by atoms with van der Waals surface area (Å²) in [6, 6.07) is 9.61. The van der Waals surface area contributed by atoms with Crippen LogP contribution < -0.4 is 9.47 Å². The van der Waals surface area contributed by atoms with Gasteiger partial charge in [-0.1, -0.05) is 18.7 Å². The van der Waals surface area contributed by atoms with Crippen LogP contribution in [0.3, 0.4) is 0 Å². The van der Waals surface area contributed by atoms with E-state index in [1.54, 1.807) is 0 Å². The minimum atomic E-state index is -4.41. The summed E-state index contributed by atoms with van der Waals surface area (Å²) in [4.78, 5) is 0. The average Bonchev–Trinajstić information content (AvgIpc) is 3.06. The van der Waals surface area contributed by atoms with Crippen molar-refractivity contribution in [2.45, 2.75) is 24.7 Å². The highest BCUT2D eigenvalue weighted by Crippen LogP contribution is 2.30. The Morgan fingerprint density at radius 2 is 1.63 bits per heavy atom. The molecule has 3 aromatic rings. The van der Waals surface area contributed by atoms with Crippen molar-refractivity contribution in [2.75, 3.05) is 19.0 Å². The Morgan fingerprint density at radius 3 is 2.26 bits per heavy atom. The number of thioether (sulfide) groups is 1. The lowest BCUT2D eigenvalue weighted by Crippen LogP contribution is -2.06. The molecule has 0 atom stereocenters. The van der Waals surface area contributed by atoms with Crippen molar-refractivity contribution in [3.63, 3.8) is 0 Å². The Kier molecular flexibility index (Phi) is 6.10. The van der Waals surface area contributed by atoms with Crippen molar-refractivity contribution in [1.29, 1.82) is 0 Å². The molecule has 9 heteroatoms. The number of pyridine rings is 1. The van der Waals surface area contributed by atoms with Crippen LogP contribution in [0.4, 0.5) is 13.2 Å². The van der Waals surface area contributed by atoms with E-state index in [4.69, 9.17) is 9.47 Å². The van der Waals surface area contributed by atoms with E-state index < -0.39 is 11.7 Å². The lowest BCUT2D eigenvalue weighted by molar-refractivity contribution is -0.137. The monoisotopic (exact) mass is 397 g/mol. The molecule has 0 aliphatic carbocycles. The van der Waals surface area contributed by atoms with Crippen LogP contribution in [-0.2, 0) is 6.18 Å². The Bertz CT molecular complexity index is 882. The number of hydrogen-bond donors (Lipinski definition) is 0. The van der Waals surface area contributed by atoms with Gasteiger partial charge in [0, 0.05) is 11.9 Å². The normalized spacial score (nSPS) is 11.7. The van der Waals surface area contributed by atoms with E-state index in [-0.39, 0.29) is 0 Å². The molecule has 144 valence electrons. The maximum absolute atomic E-state index is 12.9. The van der Waals surface area contributed by atoms with Gasteiger partial charge in [-0.3, -0.25) is 4.40 Å². The number of rotatable bonds is 8. The van der Waals surface area contributed by atoms with Crippen molar-refractivity contribution < 1.29 is 22.6 Å². The Hall–Kier alpha value is -2.42. The molecule has 0 saturated carbocycles. The maximum atomic E-state index is 12.9.